The Hall–Kier alpha value is -3.17. The van der Waals surface area contributed by atoms with Crippen LogP contribution >= 0.6 is 0 Å². The summed E-state index contributed by atoms with van der Waals surface area (Å²) in [7, 11) is -1.97. The van der Waals surface area contributed by atoms with Crippen molar-refractivity contribution in [1.29, 1.82) is 0 Å². The normalized spacial score (nSPS) is 15.3. The molecule has 0 bridgehead atoms. The first-order chi connectivity index (χ1) is 15.6. The van der Waals surface area contributed by atoms with Crippen molar-refractivity contribution in [2.24, 2.45) is 7.05 Å². The Balaban J connectivity index is 1.64. The molecule has 0 radical (unpaired) electrons. The Morgan fingerprint density at radius 3 is 2.55 bits per heavy atom. The molecule has 1 aliphatic rings. The summed E-state index contributed by atoms with van der Waals surface area (Å²) in [5.74, 6) is -0.0939. The SMILES string of the molecule is Cc1cc(S(=O)(=O)C2CCNCC2)c#cc1Nc1ncc(C(F)(F)F)c(-c2cnn(C)c2)n1. The summed E-state index contributed by atoms with van der Waals surface area (Å²) in [5, 5.41) is 9.38. The van der Waals surface area contributed by atoms with Crippen molar-refractivity contribution < 1.29 is 21.6 Å². The predicted octanol–water partition coefficient (Wildman–Crippen LogP) is 3.07. The molecule has 33 heavy (non-hydrogen) atoms. The number of anilines is 2. The fourth-order valence-electron chi connectivity index (χ4n) is 3.62. The molecule has 0 saturated carbocycles. The van der Waals surface area contributed by atoms with E-state index in [1.807, 2.05) is 0 Å². The van der Waals surface area contributed by atoms with Crippen LogP contribution in [0.5, 0.6) is 0 Å². The molecule has 2 aromatic heterocycles. The molecule has 174 valence electrons. The summed E-state index contributed by atoms with van der Waals surface area (Å²) in [6, 6.07) is 6.91. The molecule has 2 N–H and O–H groups in total. The third kappa shape index (κ3) is 4.79. The van der Waals surface area contributed by atoms with Crippen molar-refractivity contribution in [2.45, 2.75) is 36.1 Å². The van der Waals surface area contributed by atoms with Gasteiger partial charge in [-0.3, -0.25) is 4.68 Å². The van der Waals surface area contributed by atoms with Crippen LogP contribution in [0.3, 0.4) is 0 Å². The minimum absolute atomic E-state index is 0.0434. The average molecular weight is 479 g/mol. The summed E-state index contributed by atoms with van der Waals surface area (Å²) in [6.07, 6.45) is -0.200. The van der Waals surface area contributed by atoms with Gasteiger partial charge in [-0.15, -0.1) is 0 Å². The molecule has 4 rings (SSSR count). The molecule has 1 aliphatic heterocycles. The van der Waals surface area contributed by atoms with E-state index in [0.717, 1.165) is 0 Å². The predicted molar refractivity (Wildman–Crippen MR) is 114 cm³/mol. The van der Waals surface area contributed by atoms with Crippen LogP contribution in [0.4, 0.5) is 24.8 Å². The van der Waals surface area contributed by atoms with E-state index in [1.165, 1.54) is 23.1 Å². The molecule has 1 fully saturated rings. The van der Waals surface area contributed by atoms with Crippen LogP contribution in [-0.4, -0.2) is 46.5 Å². The van der Waals surface area contributed by atoms with Gasteiger partial charge in [0.1, 0.15) is 10.5 Å². The lowest BCUT2D eigenvalue weighted by Gasteiger charge is -2.22. The Morgan fingerprint density at radius 1 is 1.21 bits per heavy atom. The summed E-state index contributed by atoms with van der Waals surface area (Å²) in [6.45, 7) is 2.94. The van der Waals surface area contributed by atoms with E-state index in [1.54, 1.807) is 14.0 Å². The molecule has 8 nitrogen and oxygen atoms in total. The number of halogens is 3. The highest BCUT2D eigenvalue weighted by atomic mass is 32.2. The molecule has 3 aromatic rings. The van der Waals surface area contributed by atoms with E-state index < -0.39 is 26.8 Å². The number of rotatable bonds is 5. The van der Waals surface area contributed by atoms with Crippen LogP contribution in [0, 0.1) is 19.1 Å². The second kappa shape index (κ2) is 8.64. The fraction of sp³-hybridized carbons (Fsp3) is 0.381. The van der Waals surface area contributed by atoms with Crippen LogP contribution < -0.4 is 10.6 Å². The summed E-state index contributed by atoms with van der Waals surface area (Å²) in [5.41, 5.74) is -0.286. The average Bonchev–Trinajstić information content (AvgIpc) is 3.21. The third-order valence-electron chi connectivity index (χ3n) is 5.39. The second-order valence-corrected chi connectivity index (χ2v) is 9.99. The molecule has 0 aliphatic carbocycles. The second-order valence-electron chi connectivity index (χ2n) is 7.79. The first-order valence-electron chi connectivity index (χ1n) is 10.1. The first kappa shape index (κ1) is 23.0. The van der Waals surface area contributed by atoms with Crippen LogP contribution in [0.25, 0.3) is 11.3 Å². The smallest absolute Gasteiger partial charge is 0.317 e. The highest BCUT2D eigenvalue weighted by molar-refractivity contribution is 7.92. The summed E-state index contributed by atoms with van der Waals surface area (Å²) in [4.78, 5) is 7.88. The van der Waals surface area contributed by atoms with E-state index in [-0.39, 0.29) is 22.1 Å². The first-order valence-corrected chi connectivity index (χ1v) is 11.7. The highest BCUT2D eigenvalue weighted by Gasteiger charge is 2.36. The molecular formula is C21H21F3N6O2S. The summed E-state index contributed by atoms with van der Waals surface area (Å²) < 4.78 is 67.6. The fourth-order valence-corrected chi connectivity index (χ4v) is 5.37. The molecule has 0 spiro atoms. The van der Waals surface area contributed by atoms with Gasteiger partial charge in [-0.05, 0) is 56.6 Å². The van der Waals surface area contributed by atoms with Gasteiger partial charge in [-0.1, -0.05) is 0 Å². The number of hydrogen-bond acceptors (Lipinski definition) is 7. The minimum atomic E-state index is -4.65. The van der Waals surface area contributed by atoms with Gasteiger partial charge >= 0.3 is 6.18 Å². The lowest BCUT2D eigenvalue weighted by atomic mass is 10.1. The van der Waals surface area contributed by atoms with E-state index in [2.05, 4.69) is 37.8 Å². The van der Waals surface area contributed by atoms with Crippen LogP contribution in [0.1, 0.15) is 24.0 Å². The third-order valence-corrected chi connectivity index (χ3v) is 7.58. The Kier molecular flexibility index (Phi) is 6.02. The van der Waals surface area contributed by atoms with Crippen molar-refractivity contribution in [3.63, 3.8) is 0 Å². The van der Waals surface area contributed by atoms with E-state index in [9.17, 15) is 21.6 Å². The Morgan fingerprint density at radius 2 is 1.94 bits per heavy atom. The van der Waals surface area contributed by atoms with Crippen LogP contribution in [-0.2, 0) is 23.1 Å². The molecule has 0 atom stereocenters. The van der Waals surface area contributed by atoms with Crippen molar-refractivity contribution in [2.75, 3.05) is 18.4 Å². The molecule has 1 aromatic carbocycles. The zero-order valence-electron chi connectivity index (χ0n) is 17.9. The maximum atomic E-state index is 13.5. The van der Waals surface area contributed by atoms with Gasteiger partial charge in [0, 0.05) is 25.0 Å². The zero-order chi connectivity index (χ0) is 23.8. The van der Waals surface area contributed by atoms with Crippen LogP contribution in [0.15, 0.2) is 29.6 Å². The van der Waals surface area contributed by atoms with Crippen molar-refractivity contribution in [1.82, 2.24) is 25.1 Å². The molecule has 0 amide bonds. The Labute approximate surface area is 189 Å². The van der Waals surface area contributed by atoms with E-state index in [0.29, 0.717) is 43.4 Å². The molecule has 0 unspecified atom stereocenters. The van der Waals surface area contributed by atoms with Crippen molar-refractivity contribution in [3.8, 4) is 11.3 Å². The van der Waals surface area contributed by atoms with E-state index >= 15 is 0 Å². The number of alkyl halides is 3. The van der Waals surface area contributed by atoms with Gasteiger partial charge in [-0.25, -0.2) is 18.4 Å². The maximum Gasteiger partial charge on any atom is 0.419 e. The topological polar surface area (TPSA) is 102 Å². The lowest BCUT2D eigenvalue weighted by molar-refractivity contribution is -0.137. The van der Waals surface area contributed by atoms with Gasteiger partial charge in [0.05, 0.1) is 22.8 Å². The molecule has 1 saturated heterocycles. The van der Waals surface area contributed by atoms with Crippen LogP contribution in [0.2, 0.25) is 0 Å². The number of nitrogens with zero attached hydrogens (tertiary/aromatic N) is 4. The molecular weight excluding hydrogens is 457 g/mol. The van der Waals surface area contributed by atoms with Gasteiger partial charge in [0.25, 0.3) is 0 Å². The standard InChI is InChI=1S/C21H21F3N6O2S/c1-13-9-16(33(31,32)15-5-7-25-8-6-15)3-4-18(13)28-20-26-11-17(21(22,23)24)19(29-20)14-10-27-30(2)12-14/h9-12,15,25H,5-8H2,1-2H3,(H,26,28,29). The molecule has 12 heteroatoms. The zero-order valence-corrected chi connectivity index (χ0v) is 18.7. The van der Waals surface area contributed by atoms with Gasteiger partial charge in [-0.2, -0.15) is 18.3 Å². The largest absolute Gasteiger partial charge is 0.419 e. The quantitative estimate of drug-likeness (QED) is 0.581. The highest BCUT2D eigenvalue weighted by Crippen LogP contribution is 2.36. The number of sulfone groups is 1. The number of hydrogen-bond donors (Lipinski definition) is 2. The van der Waals surface area contributed by atoms with Crippen molar-refractivity contribution in [3.05, 3.63) is 47.9 Å². The molecule has 3 heterocycles. The van der Waals surface area contributed by atoms with E-state index in [4.69, 9.17) is 0 Å². The van der Waals surface area contributed by atoms with Gasteiger partial charge in [0.15, 0.2) is 9.84 Å². The van der Waals surface area contributed by atoms with Crippen molar-refractivity contribution >= 4 is 21.5 Å². The van der Waals surface area contributed by atoms with Gasteiger partial charge in [0.2, 0.25) is 5.95 Å². The monoisotopic (exact) mass is 478 g/mol. The lowest BCUT2D eigenvalue weighted by Crippen LogP contribution is -2.35. The van der Waals surface area contributed by atoms with Gasteiger partial charge < -0.3 is 10.6 Å². The maximum absolute atomic E-state index is 13.5. The Bertz CT molecular complexity index is 1270. The minimum Gasteiger partial charge on any atom is -0.317 e. The number of piperidine rings is 1. The number of aryl methyl sites for hydroxylation is 2. The summed E-state index contributed by atoms with van der Waals surface area (Å²) >= 11 is 0. The number of nitrogens with one attached hydrogen (secondary N) is 2. The number of aromatic nitrogens is 4.